The summed E-state index contributed by atoms with van der Waals surface area (Å²) in [6, 6.07) is 8.25. The van der Waals surface area contributed by atoms with Crippen LogP contribution in [0, 0.1) is 5.92 Å². The molecule has 0 bridgehead atoms. The molecule has 28 heavy (non-hydrogen) atoms. The predicted octanol–water partition coefficient (Wildman–Crippen LogP) is 4.72. The van der Waals surface area contributed by atoms with Gasteiger partial charge in [-0.2, -0.15) is 0 Å². The topological polar surface area (TPSA) is 50.8 Å². The molecule has 2 rings (SSSR count). The number of anilines is 1. The van der Waals surface area contributed by atoms with Crippen LogP contribution in [-0.4, -0.2) is 48.8 Å². The summed E-state index contributed by atoms with van der Waals surface area (Å²) in [5, 5.41) is 2.99. The molecule has 0 radical (unpaired) electrons. The van der Waals surface area contributed by atoms with E-state index >= 15 is 0 Å². The molecule has 2 atom stereocenters. The average Bonchev–Trinajstić information content (AvgIpc) is 2.64. The molecule has 5 heteroatoms. The number of nitrogens with zero attached hydrogens (tertiary/aromatic N) is 1. The zero-order chi connectivity index (χ0) is 20.6. The predicted molar refractivity (Wildman–Crippen MR) is 115 cm³/mol. The van der Waals surface area contributed by atoms with Gasteiger partial charge in [-0.3, -0.25) is 9.69 Å². The minimum Gasteiger partial charge on any atom is -0.492 e. The van der Waals surface area contributed by atoms with Gasteiger partial charge in [-0.1, -0.05) is 20.3 Å². The summed E-state index contributed by atoms with van der Waals surface area (Å²) in [6.07, 6.45) is 4.59. The Morgan fingerprint density at radius 3 is 2.61 bits per heavy atom. The van der Waals surface area contributed by atoms with E-state index < -0.39 is 5.60 Å². The fourth-order valence-corrected chi connectivity index (χ4v) is 3.98. The van der Waals surface area contributed by atoms with Crippen molar-refractivity contribution in [3.8, 4) is 5.75 Å². The molecule has 1 aromatic carbocycles. The molecular formula is C23H38N2O3. The molecule has 0 spiro atoms. The summed E-state index contributed by atoms with van der Waals surface area (Å²) in [5.41, 5.74) is -0.0554. The Morgan fingerprint density at radius 2 is 2.00 bits per heavy atom. The van der Waals surface area contributed by atoms with Gasteiger partial charge >= 0.3 is 0 Å². The second-order valence-corrected chi connectivity index (χ2v) is 8.47. The van der Waals surface area contributed by atoms with Crippen LogP contribution in [0.15, 0.2) is 24.3 Å². The SMILES string of the molecule is CCO[C@@](C)(CC(C)C)C(=O)Nc1ccc(OCCN2CCCC[C@@H]2C)cc1. The van der Waals surface area contributed by atoms with Crippen molar-refractivity contribution in [3.05, 3.63) is 24.3 Å². The van der Waals surface area contributed by atoms with Gasteiger partial charge in [0.2, 0.25) is 0 Å². The van der Waals surface area contributed by atoms with Crippen LogP contribution in [0.25, 0.3) is 0 Å². The Balaban J connectivity index is 1.84. The van der Waals surface area contributed by atoms with Crippen molar-refractivity contribution in [2.24, 2.45) is 5.92 Å². The number of piperidine rings is 1. The highest BCUT2D eigenvalue weighted by atomic mass is 16.5. The minimum atomic E-state index is -0.816. The molecule has 5 nitrogen and oxygen atoms in total. The van der Waals surface area contributed by atoms with Gasteiger partial charge < -0.3 is 14.8 Å². The van der Waals surface area contributed by atoms with Crippen molar-refractivity contribution >= 4 is 11.6 Å². The number of rotatable bonds is 10. The second kappa shape index (κ2) is 10.8. The number of nitrogens with one attached hydrogen (secondary N) is 1. The third-order valence-corrected chi connectivity index (χ3v) is 5.44. The number of hydrogen-bond donors (Lipinski definition) is 1. The molecule has 1 amide bonds. The smallest absolute Gasteiger partial charge is 0.256 e. The monoisotopic (exact) mass is 390 g/mol. The second-order valence-electron chi connectivity index (χ2n) is 8.47. The van der Waals surface area contributed by atoms with Gasteiger partial charge in [0.25, 0.3) is 5.91 Å². The van der Waals surface area contributed by atoms with Crippen LogP contribution in [0.2, 0.25) is 0 Å². The van der Waals surface area contributed by atoms with E-state index in [1.165, 1.54) is 25.8 Å². The van der Waals surface area contributed by atoms with Crippen LogP contribution in [0.3, 0.4) is 0 Å². The molecule has 1 heterocycles. The van der Waals surface area contributed by atoms with Gasteiger partial charge in [-0.05, 0) is 76.8 Å². The average molecular weight is 391 g/mol. The van der Waals surface area contributed by atoms with Crippen molar-refractivity contribution in [3.63, 3.8) is 0 Å². The van der Waals surface area contributed by atoms with Crippen LogP contribution >= 0.6 is 0 Å². The molecule has 0 aromatic heterocycles. The maximum absolute atomic E-state index is 12.7. The molecule has 0 saturated carbocycles. The van der Waals surface area contributed by atoms with Gasteiger partial charge in [0.05, 0.1) is 0 Å². The highest BCUT2D eigenvalue weighted by Crippen LogP contribution is 2.24. The Labute approximate surface area is 170 Å². The number of likely N-dealkylation sites (tertiary alicyclic amines) is 1. The van der Waals surface area contributed by atoms with Gasteiger partial charge in [0, 0.05) is 24.9 Å². The highest BCUT2D eigenvalue weighted by molar-refractivity contribution is 5.97. The molecule has 1 fully saturated rings. The first-order chi connectivity index (χ1) is 13.3. The standard InChI is InChI=1S/C23H38N2O3/c1-6-28-23(5,17-18(2)3)22(26)24-20-10-12-21(13-11-20)27-16-15-25-14-8-7-9-19(25)4/h10-13,18-19H,6-9,14-17H2,1-5H3,(H,24,26)/t19-,23-/m0/s1. The maximum atomic E-state index is 12.7. The molecule has 0 unspecified atom stereocenters. The lowest BCUT2D eigenvalue weighted by molar-refractivity contribution is -0.140. The normalized spacial score (nSPS) is 20.0. The summed E-state index contributed by atoms with van der Waals surface area (Å²) in [7, 11) is 0. The first-order valence-corrected chi connectivity index (χ1v) is 10.8. The van der Waals surface area contributed by atoms with Crippen LogP contribution in [0.4, 0.5) is 5.69 Å². The molecule has 1 N–H and O–H groups in total. The van der Waals surface area contributed by atoms with Gasteiger partial charge in [0.1, 0.15) is 18.0 Å². The summed E-state index contributed by atoms with van der Waals surface area (Å²) >= 11 is 0. The molecule has 0 aliphatic carbocycles. The third kappa shape index (κ3) is 6.78. The van der Waals surface area contributed by atoms with Crippen molar-refractivity contribution < 1.29 is 14.3 Å². The van der Waals surface area contributed by atoms with E-state index in [2.05, 4.69) is 31.0 Å². The van der Waals surface area contributed by atoms with E-state index in [9.17, 15) is 4.79 Å². The lowest BCUT2D eigenvalue weighted by atomic mass is 9.93. The third-order valence-electron chi connectivity index (χ3n) is 5.44. The number of carbonyl (C=O) groups excluding carboxylic acids is 1. The highest BCUT2D eigenvalue weighted by Gasteiger charge is 2.34. The number of benzene rings is 1. The molecule has 158 valence electrons. The van der Waals surface area contributed by atoms with Gasteiger partial charge in [0.15, 0.2) is 0 Å². The molecule has 1 aliphatic heterocycles. The molecular weight excluding hydrogens is 352 g/mol. The van der Waals surface area contributed by atoms with Crippen molar-refractivity contribution in [1.29, 1.82) is 0 Å². The van der Waals surface area contributed by atoms with E-state index in [0.29, 0.717) is 31.6 Å². The number of ether oxygens (including phenoxy) is 2. The van der Waals surface area contributed by atoms with Crippen LogP contribution in [0.1, 0.15) is 60.3 Å². The van der Waals surface area contributed by atoms with Gasteiger partial charge in [-0.25, -0.2) is 0 Å². The summed E-state index contributed by atoms with van der Waals surface area (Å²) in [4.78, 5) is 15.3. The first-order valence-electron chi connectivity index (χ1n) is 10.8. The fraction of sp³-hybridized carbons (Fsp3) is 0.696. The Morgan fingerprint density at radius 1 is 1.29 bits per heavy atom. The van der Waals surface area contributed by atoms with Crippen molar-refractivity contribution in [2.45, 2.75) is 71.9 Å². The Bertz CT molecular complexity index is 602. The lowest BCUT2D eigenvalue weighted by Gasteiger charge is -2.33. The lowest BCUT2D eigenvalue weighted by Crippen LogP contribution is -2.43. The van der Waals surface area contributed by atoms with Gasteiger partial charge in [-0.15, -0.1) is 0 Å². The van der Waals surface area contributed by atoms with Crippen LogP contribution < -0.4 is 10.1 Å². The maximum Gasteiger partial charge on any atom is 0.256 e. The largest absolute Gasteiger partial charge is 0.492 e. The van der Waals surface area contributed by atoms with Crippen LogP contribution in [0.5, 0.6) is 5.75 Å². The Hall–Kier alpha value is -1.59. The molecule has 1 saturated heterocycles. The molecule has 1 aliphatic rings. The quantitative estimate of drug-likeness (QED) is 0.628. The number of carbonyl (C=O) groups is 1. The summed E-state index contributed by atoms with van der Waals surface area (Å²) in [6.45, 7) is 13.6. The van der Waals surface area contributed by atoms with E-state index in [-0.39, 0.29) is 5.91 Å². The number of hydrogen-bond acceptors (Lipinski definition) is 4. The van der Waals surface area contributed by atoms with Crippen molar-refractivity contribution in [1.82, 2.24) is 4.90 Å². The summed E-state index contributed by atoms with van der Waals surface area (Å²) < 4.78 is 11.7. The molecule has 1 aromatic rings. The minimum absolute atomic E-state index is 0.101. The number of amides is 1. The van der Waals surface area contributed by atoms with E-state index in [4.69, 9.17) is 9.47 Å². The van der Waals surface area contributed by atoms with E-state index in [0.717, 1.165) is 18.0 Å². The summed E-state index contributed by atoms with van der Waals surface area (Å²) in [5.74, 6) is 1.11. The zero-order valence-corrected chi connectivity index (χ0v) is 18.3. The fourth-order valence-electron chi connectivity index (χ4n) is 3.98. The van der Waals surface area contributed by atoms with Crippen molar-refractivity contribution in [2.75, 3.05) is 31.6 Å². The first kappa shape index (κ1) is 22.7. The Kier molecular flexibility index (Phi) is 8.77. The van der Waals surface area contributed by atoms with E-state index in [1.54, 1.807) is 0 Å². The zero-order valence-electron chi connectivity index (χ0n) is 18.3. The van der Waals surface area contributed by atoms with Crippen LogP contribution in [-0.2, 0) is 9.53 Å². The van der Waals surface area contributed by atoms with E-state index in [1.807, 2.05) is 38.1 Å².